The number of amides is 2. The number of nitrogens with one attached hydrogen (secondary N) is 2. The van der Waals surface area contributed by atoms with Gasteiger partial charge in [0, 0.05) is 16.8 Å². The third-order valence-electron chi connectivity index (χ3n) is 4.24. The largest absolute Gasteiger partial charge is 0.495 e. The van der Waals surface area contributed by atoms with Gasteiger partial charge in [-0.1, -0.05) is 18.2 Å². The summed E-state index contributed by atoms with van der Waals surface area (Å²) in [4.78, 5) is 25.2. The molecule has 3 rings (SSSR count). The lowest BCUT2D eigenvalue weighted by molar-refractivity contribution is 0.102. The van der Waals surface area contributed by atoms with Crippen molar-refractivity contribution in [1.82, 2.24) is 0 Å². The summed E-state index contributed by atoms with van der Waals surface area (Å²) in [6.45, 7) is 1.92. The Kier molecular flexibility index (Phi) is 5.91. The van der Waals surface area contributed by atoms with Crippen LogP contribution in [0.4, 0.5) is 11.4 Å². The maximum Gasteiger partial charge on any atom is 0.255 e. The number of ether oxygens (including phenoxy) is 1. The van der Waals surface area contributed by atoms with E-state index in [1.165, 1.54) is 13.2 Å². The van der Waals surface area contributed by atoms with Crippen LogP contribution in [0, 0.1) is 18.3 Å². The summed E-state index contributed by atoms with van der Waals surface area (Å²) >= 11 is 0. The van der Waals surface area contributed by atoms with Gasteiger partial charge in [-0.05, 0) is 61.0 Å². The number of hydrogen-bond donors (Lipinski definition) is 2. The van der Waals surface area contributed by atoms with Crippen molar-refractivity contribution in [2.75, 3.05) is 17.7 Å². The Morgan fingerprint density at radius 1 is 0.897 bits per heavy atom. The van der Waals surface area contributed by atoms with E-state index >= 15 is 0 Å². The maximum absolute atomic E-state index is 12.7. The monoisotopic (exact) mass is 385 g/mol. The number of carbonyl (C=O) groups excluding carboxylic acids is 2. The molecule has 6 nitrogen and oxygen atoms in total. The Hall–Kier alpha value is -4.11. The summed E-state index contributed by atoms with van der Waals surface area (Å²) in [6, 6.07) is 20.5. The van der Waals surface area contributed by atoms with E-state index in [-0.39, 0.29) is 11.8 Å². The quantitative estimate of drug-likeness (QED) is 0.682. The molecule has 0 aromatic heterocycles. The number of nitrogens with zero attached hydrogens (tertiary/aromatic N) is 1. The Morgan fingerprint density at radius 2 is 1.59 bits per heavy atom. The van der Waals surface area contributed by atoms with Gasteiger partial charge in [-0.2, -0.15) is 5.26 Å². The van der Waals surface area contributed by atoms with Gasteiger partial charge >= 0.3 is 0 Å². The molecule has 0 spiro atoms. The molecule has 6 heteroatoms. The first kappa shape index (κ1) is 19.6. The van der Waals surface area contributed by atoms with Crippen LogP contribution in [0.5, 0.6) is 5.75 Å². The molecule has 0 unspecified atom stereocenters. The third kappa shape index (κ3) is 4.79. The molecule has 0 fully saturated rings. The number of methoxy groups -OCH3 is 1. The molecule has 3 aromatic carbocycles. The fourth-order valence-electron chi connectivity index (χ4n) is 2.79. The molecule has 0 aliphatic rings. The highest BCUT2D eigenvalue weighted by atomic mass is 16.5. The highest BCUT2D eigenvalue weighted by Gasteiger charge is 2.13. The molecule has 0 saturated carbocycles. The first-order valence-electron chi connectivity index (χ1n) is 8.87. The molecule has 0 heterocycles. The molecule has 144 valence electrons. The van der Waals surface area contributed by atoms with Gasteiger partial charge in [0.2, 0.25) is 0 Å². The minimum absolute atomic E-state index is 0.330. The Balaban J connectivity index is 1.78. The molecule has 2 N–H and O–H groups in total. The summed E-state index contributed by atoms with van der Waals surface area (Å²) in [5, 5.41) is 14.5. The van der Waals surface area contributed by atoms with Crippen molar-refractivity contribution in [2.24, 2.45) is 0 Å². The van der Waals surface area contributed by atoms with Crippen LogP contribution >= 0.6 is 0 Å². The van der Waals surface area contributed by atoms with Gasteiger partial charge in [0.25, 0.3) is 11.8 Å². The van der Waals surface area contributed by atoms with Gasteiger partial charge in [-0.15, -0.1) is 0 Å². The first-order valence-corrected chi connectivity index (χ1v) is 8.87. The molecular formula is C23H19N3O3. The SMILES string of the molecule is COc1ccc(C)cc1NC(=O)c1cccc(C(=O)Nc2cccc(C#N)c2)c1. The lowest BCUT2D eigenvalue weighted by Crippen LogP contribution is -2.16. The minimum Gasteiger partial charge on any atom is -0.495 e. The van der Waals surface area contributed by atoms with Crippen LogP contribution in [0.2, 0.25) is 0 Å². The minimum atomic E-state index is -0.372. The maximum atomic E-state index is 12.7. The van der Waals surface area contributed by atoms with Gasteiger partial charge in [0.05, 0.1) is 24.4 Å². The van der Waals surface area contributed by atoms with Crippen LogP contribution in [-0.2, 0) is 0 Å². The second-order valence-electron chi connectivity index (χ2n) is 6.39. The number of benzene rings is 3. The van der Waals surface area contributed by atoms with Crippen LogP contribution < -0.4 is 15.4 Å². The lowest BCUT2D eigenvalue weighted by Gasteiger charge is -2.12. The average Bonchev–Trinajstić information content (AvgIpc) is 2.74. The zero-order valence-electron chi connectivity index (χ0n) is 16.0. The van der Waals surface area contributed by atoms with E-state index in [1.54, 1.807) is 48.5 Å². The van der Waals surface area contributed by atoms with Gasteiger partial charge in [0.15, 0.2) is 0 Å². The lowest BCUT2D eigenvalue weighted by atomic mass is 10.1. The molecule has 29 heavy (non-hydrogen) atoms. The predicted molar refractivity (Wildman–Crippen MR) is 111 cm³/mol. The zero-order valence-corrected chi connectivity index (χ0v) is 16.0. The molecule has 0 atom stereocenters. The molecule has 3 aromatic rings. The van der Waals surface area contributed by atoms with E-state index in [0.29, 0.717) is 33.8 Å². The second kappa shape index (κ2) is 8.72. The van der Waals surface area contributed by atoms with Crippen molar-refractivity contribution in [2.45, 2.75) is 6.92 Å². The standard InChI is InChI=1S/C23H19N3O3/c1-15-9-10-21(29-2)20(11-15)26-23(28)18-7-4-6-17(13-18)22(27)25-19-8-3-5-16(12-19)14-24/h3-13H,1-2H3,(H,25,27)(H,26,28). The number of anilines is 2. The molecule has 0 saturated heterocycles. The van der Waals surface area contributed by atoms with E-state index in [1.807, 2.05) is 25.1 Å². The third-order valence-corrected chi connectivity index (χ3v) is 4.24. The van der Waals surface area contributed by atoms with Crippen molar-refractivity contribution in [3.63, 3.8) is 0 Å². The number of carbonyl (C=O) groups is 2. The van der Waals surface area contributed by atoms with Crippen molar-refractivity contribution < 1.29 is 14.3 Å². The van der Waals surface area contributed by atoms with E-state index in [2.05, 4.69) is 10.6 Å². The number of rotatable bonds is 5. The number of hydrogen-bond acceptors (Lipinski definition) is 4. The molecule has 2 amide bonds. The van der Waals surface area contributed by atoms with Crippen molar-refractivity contribution in [1.29, 1.82) is 5.26 Å². The fourth-order valence-corrected chi connectivity index (χ4v) is 2.79. The topological polar surface area (TPSA) is 91.2 Å². The number of aryl methyl sites for hydroxylation is 1. The van der Waals surface area contributed by atoms with Crippen LogP contribution in [0.25, 0.3) is 0 Å². The summed E-state index contributed by atoms with van der Waals surface area (Å²) in [7, 11) is 1.53. The Morgan fingerprint density at radius 3 is 2.28 bits per heavy atom. The summed E-state index contributed by atoms with van der Waals surface area (Å²) in [5.41, 5.74) is 3.16. The molecular weight excluding hydrogens is 366 g/mol. The highest BCUT2D eigenvalue weighted by Crippen LogP contribution is 2.26. The molecule has 0 radical (unpaired) electrons. The van der Waals surface area contributed by atoms with Gasteiger partial charge in [-0.25, -0.2) is 0 Å². The van der Waals surface area contributed by atoms with Crippen LogP contribution in [0.3, 0.4) is 0 Å². The first-order chi connectivity index (χ1) is 14.0. The fraction of sp³-hybridized carbons (Fsp3) is 0.0870. The summed E-state index contributed by atoms with van der Waals surface area (Å²) < 4.78 is 5.28. The summed E-state index contributed by atoms with van der Waals surface area (Å²) in [6.07, 6.45) is 0. The Bertz CT molecular complexity index is 1120. The van der Waals surface area contributed by atoms with Crippen molar-refractivity contribution >= 4 is 23.2 Å². The van der Waals surface area contributed by atoms with Crippen LogP contribution in [-0.4, -0.2) is 18.9 Å². The zero-order chi connectivity index (χ0) is 20.8. The smallest absolute Gasteiger partial charge is 0.255 e. The number of nitriles is 1. The van der Waals surface area contributed by atoms with Crippen molar-refractivity contribution in [3.8, 4) is 11.8 Å². The van der Waals surface area contributed by atoms with Crippen molar-refractivity contribution in [3.05, 3.63) is 89.0 Å². The van der Waals surface area contributed by atoms with Gasteiger partial charge in [-0.3, -0.25) is 9.59 Å². The Labute approximate surface area is 168 Å². The second-order valence-corrected chi connectivity index (χ2v) is 6.39. The summed E-state index contributed by atoms with van der Waals surface area (Å²) in [5.74, 6) is -0.173. The van der Waals surface area contributed by atoms with E-state index in [0.717, 1.165) is 5.56 Å². The highest BCUT2D eigenvalue weighted by molar-refractivity contribution is 6.09. The van der Waals surface area contributed by atoms with Crippen LogP contribution in [0.1, 0.15) is 31.8 Å². The van der Waals surface area contributed by atoms with Gasteiger partial charge in [0.1, 0.15) is 5.75 Å². The van der Waals surface area contributed by atoms with E-state index in [4.69, 9.17) is 10.00 Å². The van der Waals surface area contributed by atoms with E-state index in [9.17, 15) is 9.59 Å². The molecule has 0 aliphatic heterocycles. The average molecular weight is 385 g/mol. The molecule has 0 bridgehead atoms. The predicted octanol–water partition coefficient (Wildman–Crippen LogP) is 4.38. The normalized spacial score (nSPS) is 9.97. The van der Waals surface area contributed by atoms with E-state index < -0.39 is 0 Å². The van der Waals surface area contributed by atoms with Crippen LogP contribution in [0.15, 0.2) is 66.7 Å². The molecule has 0 aliphatic carbocycles. The van der Waals surface area contributed by atoms with Gasteiger partial charge < -0.3 is 15.4 Å².